The molecule has 150 valence electrons. The number of thioether (sulfide) groups is 1. The van der Waals surface area contributed by atoms with Crippen LogP contribution in [0.2, 0.25) is 5.02 Å². The van der Waals surface area contributed by atoms with E-state index in [1.54, 1.807) is 18.0 Å². The fraction of sp³-hybridized carbons (Fsp3) is 0.526. The topological polar surface area (TPSA) is 77.2 Å². The number of hydrogen-bond donors (Lipinski definition) is 1. The maximum absolute atomic E-state index is 6.26. The molecule has 2 aliphatic rings. The van der Waals surface area contributed by atoms with Crippen LogP contribution >= 0.6 is 35.1 Å². The van der Waals surface area contributed by atoms with Gasteiger partial charge in [0, 0.05) is 24.2 Å². The van der Waals surface area contributed by atoms with E-state index in [1.807, 2.05) is 18.5 Å². The Bertz CT molecular complexity index is 860. The highest BCUT2D eigenvalue weighted by molar-refractivity contribution is 7.99. The number of anilines is 2. The monoisotopic (exact) mass is 437 g/mol. The lowest BCUT2D eigenvalue weighted by Crippen LogP contribution is -2.41. The number of pyridine rings is 1. The lowest BCUT2D eigenvalue weighted by atomic mass is 9.77. The largest absolute Gasteiger partial charge is 0.382 e. The summed E-state index contributed by atoms with van der Waals surface area (Å²) >= 11 is 9.34. The van der Waals surface area contributed by atoms with Gasteiger partial charge >= 0.3 is 0 Å². The van der Waals surface area contributed by atoms with Crippen LogP contribution in [0, 0.1) is 5.41 Å². The minimum absolute atomic E-state index is 0.328. The lowest BCUT2D eigenvalue weighted by molar-refractivity contribution is 0.0975. The van der Waals surface area contributed by atoms with Gasteiger partial charge in [0.1, 0.15) is 15.9 Å². The summed E-state index contributed by atoms with van der Waals surface area (Å²) in [5.74, 6) is 1.30. The van der Waals surface area contributed by atoms with Crippen LogP contribution in [-0.2, 0) is 4.74 Å². The molecule has 2 N–H and O–H groups in total. The first kappa shape index (κ1) is 20.1. The summed E-state index contributed by atoms with van der Waals surface area (Å²) in [4.78, 5) is 16.8. The van der Waals surface area contributed by atoms with Gasteiger partial charge in [-0.1, -0.05) is 23.4 Å². The SMILES string of the molecule is CSc1nc(Sc2ccnc(N)c2Cl)cnc1N1CCC2(CC1)CO[C@@H](C)C2. The molecule has 0 amide bonds. The van der Waals surface area contributed by atoms with Crippen molar-refractivity contribution in [1.82, 2.24) is 15.0 Å². The zero-order valence-electron chi connectivity index (χ0n) is 16.0. The third-order valence-corrected chi connectivity index (χ3v) is 7.64. The number of nitrogen functional groups attached to an aromatic ring is 1. The molecule has 0 aliphatic carbocycles. The minimum atomic E-state index is 0.328. The molecule has 0 saturated carbocycles. The lowest BCUT2D eigenvalue weighted by Gasteiger charge is -2.39. The van der Waals surface area contributed by atoms with Crippen LogP contribution in [0.3, 0.4) is 0 Å². The van der Waals surface area contributed by atoms with Crippen LogP contribution in [-0.4, -0.2) is 47.0 Å². The van der Waals surface area contributed by atoms with Crippen LogP contribution in [0.4, 0.5) is 11.6 Å². The fourth-order valence-electron chi connectivity index (χ4n) is 3.97. The Labute approximate surface area is 179 Å². The van der Waals surface area contributed by atoms with Gasteiger partial charge in [0.25, 0.3) is 0 Å². The number of hydrogen-bond acceptors (Lipinski definition) is 8. The quantitative estimate of drug-likeness (QED) is 0.706. The number of ether oxygens (including phenoxy) is 1. The molecule has 2 aromatic heterocycles. The van der Waals surface area contributed by atoms with Crippen molar-refractivity contribution in [3.05, 3.63) is 23.5 Å². The number of nitrogens with zero attached hydrogens (tertiary/aromatic N) is 4. The van der Waals surface area contributed by atoms with Crippen molar-refractivity contribution >= 4 is 46.8 Å². The molecule has 0 aromatic carbocycles. The normalized spacial score (nSPS) is 21.4. The molecule has 9 heteroatoms. The standard InChI is InChI=1S/C19H24ClN5OS2/c1-12-9-19(11-26-12)4-7-25(8-5-19)17-18(27-2)24-14(10-23-17)28-13-3-6-22-16(21)15(13)20/h3,6,10,12H,4-5,7-9,11H2,1-2H3,(H2,21,22)/t12-/m0/s1. The Morgan fingerprint density at radius 3 is 2.79 bits per heavy atom. The van der Waals surface area contributed by atoms with Crippen LogP contribution < -0.4 is 10.6 Å². The molecule has 6 nitrogen and oxygen atoms in total. The van der Waals surface area contributed by atoms with Gasteiger partial charge in [-0.15, -0.1) is 11.8 Å². The van der Waals surface area contributed by atoms with E-state index in [1.165, 1.54) is 18.2 Å². The number of rotatable bonds is 4. The second-order valence-corrected chi connectivity index (χ2v) is 9.70. The van der Waals surface area contributed by atoms with E-state index in [9.17, 15) is 0 Å². The van der Waals surface area contributed by atoms with Crippen molar-refractivity contribution < 1.29 is 4.74 Å². The van der Waals surface area contributed by atoms with Gasteiger partial charge in [-0.25, -0.2) is 15.0 Å². The van der Waals surface area contributed by atoms with Gasteiger partial charge < -0.3 is 15.4 Å². The van der Waals surface area contributed by atoms with Crippen molar-refractivity contribution in [2.75, 3.05) is 36.6 Å². The van der Waals surface area contributed by atoms with Gasteiger partial charge in [-0.3, -0.25) is 0 Å². The summed E-state index contributed by atoms with van der Waals surface area (Å²) in [6, 6.07) is 1.84. The number of piperidine rings is 1. The molecule has 4 heterocycles. The average Bonchev–Trinajstić information content (AvgIpc) is 3.06. The summed E-state index contributed by atoms with van der Waals surface area (Å²) in [7, 11) is 0. The Morgan fingerprint density at radius 1 is 1.32 bits per heavy atom. The number of halogens is 1. The summed E-state index contributed by atoms with van der Waals surface area (Å²) in [6.07, 6.45) is 9.36. The Kier molecular flexibility index (Phi) is 5.92. The van der Waals surface area contributed by atoms with E-state index >= 15 is 0 Å². The number of nitrogens with two attached hydrogens (primary N) is 1. The Balaban J connectivity index is 1.49. The van der Waals surface area contributed by atoms with Crippen molar-refractivity contribution in [3.8, 4) is 0 Å². The van der Waals surface area contributed by atoms with E-state index in [-0.39, 0.29) is 0 Å². The van der Waals surface area contributed by atoms with Crippen LogP contribution in [0.5, 0.6) is 0 Å². The van der Waals surface area contributed by atoms with Gasteiger partial charge in [0.05, 0.1) is 23.9 Å². The molecule has 2 saturated heterocycles. The molecule has 28 heavy (non-hydrogen) atoms. The molecule has 1 atom stereocenters. The van der Waals surface area contributed by atoms with Crippen molar-refractivity contribution in [2.45, 2.75) is 47.2 Å². The average molecular weight is 438 g/mol. The minimum Gasteiger partial charge on any atom is -0.382 e. The second-order valence-electron chi connectivity index (χ2n) is 7.46. The van der Waals surface area contributed by atoms with Crippen LogP contribution in [0.15, 0.2) is 33.4 Å². The second kappa shape index (κ2) is 8.26. The number of aromatic nitrogens is 3. The Morgan fingerprint density at radius 2 is 2.11 bits per heavy atom. The summed E-state index contributed by atoms with van der Waals surface area (Å²) in [5.41, 5.74) is 6.16. The molecule has 0 bridgehead atoms. The molecule has 2 aromatic rings. The fourth-order valence-corrected chi connectivity index (χ4v) is 5.60. The van der Waals surface area contributed by atoms with E-state index in [0.29, 0.717) is 22.4 Å². The molecule has 0 radical (unpaired) electrons. The zero-order valence-corrected chi connectivity index (χ0v) is 18.4. The highest BCUT2D eigenvalue weighted by Crippen LogP contribution is 2.43. The first-order valence-corrected chi connectivity index (χ1v) is 11.8. The summed E-state index contributed by atoms with van der Waals surface area (Å²) < 4.78 is 5.84. The van der Waals surface area contributed by atoms with Crippen molar-refractivity contribution in [3.63, 3.8) is 0 Å². The first-order valence-electron chi connectivity index (χ1n) is 9.35. The Hall–Kier alpha value is -1.22. The van der Waals surface area contributed by atoms with Gasteiger partial charge in [0.2, 0.25) is 0 Å². The smallest absolute Gasteiger partial charge is 0.161 e. The zero-order chi connectivity index (χ0) is 19.7. The molecular weight excluding hydrogens is 414 g/mol. The predicted molar refractivity (Wildman–Crippen MR) is 116 cm³/mol. The van der Waals surface area contributed by atoms with Crippen LogP contribution in [0.1, 0.15) is 26.2 Å². The maximum atomic E-state index is 6.26. The van der Waals surface area contributed by atoms with E-state index in [4.69, 9.17) is 32.0 Å². The molecule has 0 unspecified atom stereocenters. The summed E-state index contributed by atoms with van der Waals surface area (Å²) in [5, 5.41) is 2.20. The molecule has 2 aliphatic heterocycles. The first-order chi connectivity index (χ1) is 13.5. The highest BCUT2D eigenvalue weighted by atomic mass is 35.5. The third-order valence-electron chi connectivity index (χ3n) is 5.51. The third kappa shape index (κ3) is 4.06. The van der Waals surface area contributed by atoms with Crippen molar-refractivity contribution in [2.24, 2.45) is 5.41 Å². The van der Waals surface area contributed by atoms with Gasteiger partial charge in [0.15, 0.2) is 5.82 Å². The predicted octanol–water partition coefficient (Wildman–Crippen LogP) is 4.38. The van der Waals surface area contributed by atoms with E-state index < -0.39 is 0 Å². The van der Waals surface area contributed by atoms with Crippen molar-refractivity contribution in [1.29, 1.82) is 0 Å². The molecule has 4 rings (SSSR count). The summed E-state index contributed by atoms with van der Waals surface area (Å²) in [6.45, 7) is 5.07. The maximum Gasteiger partial charge on any atom is 0.161 e. The van der Waals surface area contributed by atoms with E-state index in [0.717, 1.165) is 53.3 Å². The highest BCUT2D eigenvalue weighted by Gasteiger charge is 2.41. The molecular formula is C19H24ClN5OS2. The van der Waals surface area contributed by atoms with Gasteiger partial charge in [-0.05, 0) is 43.9 Å². The van der Waals surface area contributed by atoms with E-state index in [2.05, 4.69) is 16.8 Å². The molecule has 2 fully saturated rings. The van der Waals surface area contributed by atoms with Gasteiger partial charge in [-0.2, -0.15) is 0 Å². The van der Waals surface area contributed by atoms with Crippen LogP contribution in [0.25, 0.3) is 0 Å². The molecule has 1 spiro atoms.